The van der Waals surface area contributed by atoms with Crippen LogP contribution in [0.2, 0.25) is 0 Å². The molecular weight excluding hydrogens is 240 g/mol. The number of benzene rings is 3. The van der Waals surface area contributed by atoms with E-state index in [4.69, 9.17) is 0 Å². The van der Waals surface area contributed by atoms with Crippen LogP contribution in [0.1, 0.15) is 38.3 Å². The fourth-order valence-electron chi connectivity index (χ4n) is 2.74. The zero-order valence-corrected chi connectivity index (χ0v) is 12.8. The van der Waals surface area contributed by atoms with E-state index in [9.17, 15) is 0 Å². The first-order chi connectivity index (χ1) is 9.49. The second-order valence-corrected chi connectivity index (χ2v) is 6.50. The van der Waals surface area contributed by atoms with Crippen LogP contribution in [0, 0.1) is 6.92 Å². The van der Waals surface area contributed by atoms with Crippen molar-refractivity contribution < 1.29 is 0 Å². The van der Waals surface area contributed by atoms with Crippen molar-refractivity contribution in [3.8, 4) is 0 Å². The Morgan fingerprint density at radius 3 is 2.00 bits per heavy atom. The van der Waals surface area contributed by atoms with Gasteiger partial charge >= 0.3 is 0 Å². The summed E-state index contributed by atoms with van der Waals surface area (Å²) < 4.78 is 0. The molecule has 0 bridgehead atoms. The molecule has 0 aromatic heterocycles. The van der Waals surface area contributed by atoms with Crippen LogP contribution in [-0.4, -0.2) is 0 Å². The third-order valence-electron chi connectivity index (χ3n) is 4.62. The van der Waals surface area contributed by atoms with E-state index < -0.39 is 0 Å². The lowest BCUT2D eigenvalue weighted by atomic mass is 9.81. The standard InChI is InChI=1S/C20H22/c1-5-20(3,4)19-9-8-16-11-17-10-14(2)6-7-15(17)12-18(16)13-19/h6-13H,5H2,1-4H3. The van der Waals surface area contributed by atoms with Gasteiger partial charge in [-0.05, 0) is 58.0 Å². The van der Waals surface area contributed by atoms with Crippen molar-refractivity contribution in [2.45, 2.75) is 39.5 Å². The molecule has 3 rings (SSSR count). The third-order valence-corrected chi connectivity index (χ3v) is 4.62. The Hall–Kier alpha value is -1.82. The minimum absolute atomic E-state index is 0.246. The van der Waals surface area contributed by atoms with Crippen molar-refractivity contribution in [3.05, 3.63) is 59.7 Å². The highest BCUT2D eigenvalue weighted by molar-refractivity contribution is 5.98. The predicted molar refractivity (Wildman–Crippen MR) is 89.5 cm³/mol. The van der Waals surface area contributed by atoms with Crippen LogP contribution in [0.4, 0.5) is 0 Å². The summed E-state index contributed by atoms with van der Waals surface area (Å²) in [5.41, 5.74) is 3.00. The van der Waals surface area contributed by atoms with E-state index in [1.54, 1.807) is 0 Å². The maximum atomic E-state index is 2.36. The number of hydrogen-bond donors (Lipinski definition) is 0. The molecule has 0 heterocycles. The van der Waals surface area contributed by atoms with Crippen molar-refractivity contribution in [2.24, 2.45) is 0 Å². The molecule has 0 aliphatic rings. The fourth-order valence-corrected chi connectivity index (χ4v) is 2.74. The van der Waals surface area contributed by atoms with Gasteiger partial charge in [0.15, 0.2) is 0 Å². The highest BCUT2D eigenvalue weighted by Gasteiger charge is 2.18. The maximum absolute atomic E-state index is 2.36. The van der Waals surface area contributed by atoms with Crippen LogP contribution >= 0.6 is 0 Å². The molecule has 0 heteroatoms. The summed E-state index contributed by atoms with van der Waals surface area (Å²) in [5, 5.41) is 5.34. The first kappa shape index (κ1) is 13.2. The topological polar surface area (TPSA) is 0 Å². The van der Waals surface area contributed by atoms with Crippen LogP contribution in [0.15, 0.2) is 48.5 Å². The summed E-state index contributed by atoms with van der Waals surface area (Å²) >= 11 is 0. The minimum Gasteiger partial charge on any atom is -0.0646 e. The molecule has 20 heavy (non-hydrogen) atoms. The number of aryl methyl sites for hydroxylation is 1. The van der Waals surface area contributed by atoms with E-state index in [-0.39, 0.29) is 5.41 Å². The van der Waals surface area contributed by atoms with Crippen LogP contribution in [0.5, 0.6) is 0 Å². The monoisotopic (exact) mass is 262 g/mol. The zero-order chi connectivity index (χ0) is 14.3. The van der Waals surface area contributed by atoms with Crippen LogP contribution < -0.4 is 0 Å². The Morgan fingerprint density at radius 2 is 1.35 bits per heavy atom. The average molecular weight is 262 g/mol. The van der Waals surface area contributed by atoms with Gasteiger partial charge in [0.2, 0.25) is 0 Å². The molecule has 0 atom stereocenters. The summed E-state index contributed by atoms with van der Waals surface area (Å²) in [6.07, 6.45) is 1.16. The van der Waals surface area contributed by atoms with Gasteiger partial charge in [0.1, 0.15) is 0 Å². The molecule has 102 valence electrons. The number of fused-ring (bicyclic) bond motifs is 2. The Kier molecular flexibility index (Phi) is 3.05. The highest BCUT2D eigenvalue weighted by atomic mass is 14.2. The average Bonchev–Trinajstić information content (AvgIpc) is 2.44. The molecule has 0 saturated heterocycles. The van der Waals surface area contributed by atoms with Crippen molar-refractivity contribution in [1.29, 1.82) is 0 Å². The van der Waals surface area contributed by atoms with Gasteiger partial charge in [0.05, 0.1) is 0 Å². The Labute approximate surface area is 121 Å². The smallest absolute Gasteiger partial charge is 0.0106 e. The lowest BCUT2D eigenvalue weighted by Gasteiger charge is -2.23. The molecular formula is C20H22. The highest BCUT2D eigenvalue weighted by Crippen LogP contribution is 2.31. The normalized spacial score (nSPS) is 12.2. The van der Waals surface area contributed by atoms with E-state index in [0.717, 1.165) is 6.42 Å². The lowest BCUT2D eigenvalue weighted by Crippen LogP contribution is -2.15. The van der Waals surface area contributed by atoms with Gasteiger partial charge in [-0.3, -0.25) is 0 Å². The molecule has 0 saturated carbocycles. The molecule has 0 N–H and O–H groups in total. The molecule has 3 aromatic rings. The largest absolute Gasteiger partial charge is 0.0646 e. The first-order valence-corrected chi connectivity index (χ1v) is 7.44. The molecule has 0 unspecified atom stereocenters. The molecule has 0 radical (unpaired) electrons. The van der Waals surface area contributed by atoms with E-state index in [0.29, 0.717) is 0 Å². The number of rotatable bonds is 2. The second-order valence-electron chi connectivity index (χ2n) is 6.50. The molecule has 0 fully saturated rings. The molecule has 0 amide bonds. The van der Waals surface area contributed by atoms with E-state index >= 15 is 0 Å². The van der Waals surface area contributed by atoms with Crippen molar-refractivity contribution in [3.63, 3.8) is 0 Å². The van der Waals surface area contributed by atoms with Gasteiger partial charge in [-0.2, -0.15) is 0 Å². The third kappa shape index (κ3) is 2.20. The van der Waals surface area contributed by atoms with Crippen molar-refractivity contribution >= 4 is 21.5 Å². The summed E-state index contributed by atoms with van der Waals surface area (Å²) in [4.78, 5) is 0. The molecule has 0 nitrogen and oxygen atoms in total. The minimum atomic E-state index is 0.246. The zero-order valence-electron chi connectivity index (χ0n) is 12.8. The predicted octanol–water partition coefficient (Wildman–Crippen LogP) is 5.99. The summed E-state index contributed by atoms with van der Waals surface area (Å²) in [6, 6.07) is 18.2. The van der Waals surface area contributed by atoms with Crippen molar-refractivity contribution in [1.82, 2.24) is 0 Å². The SMILES string of the molecule is CCC(C)(C)c1ccc2cc3cc(C)ccc3cc2c1. The van der Waals surface area contributed by atoms with Gasteiger partial charge < -0.3 is 0 Å². The first-order valence-electron chi connectivity index (χ1n) is 7.44. The molecule has 0 spiro atoms. The van der Waals surface area contributed by atoms with E-state index in [2.05, 4.69) is 76.2 Å². The fraction of sp³-hybridized carbons (Fsp3) is 0.300. The molecule has 0 aliphatic heterocycles. The van der Waals surface area contributed by atoms with E-state index in [1.807, 2.05) is 0 Å². The lowest BCUT2D eigenvalue weighted by molar-refractivity contribution is 0.507. The summed E-state index contributed by atoms with van der Waals surface area (Å²) in [6.45, 7) is 9.04. The molecule has 0 aliphatic carbocycles. The van der Waals surface area contributed by atoms with Gasteiger partial charge in [-0.15, -0.1) is 0 Å². The van der Waals surface area contributed by atoms with Gasteiger partial charge in [0.25, 0.3) is 0 Å². The molecule has 3 aromatic carbocycles. The van der Waals surface area contributed by atoms with Crippen LogP contribution in [0.3, 0.4) is 0 Å². The Balaban J connectivity index is 2.24. The van der Waals surface area contributed by atoms with Gasteiger partial charge in [-0.25, -0.2) is 0 Å². The maximum Gasteiger partial charge on any atom is -0.0106 e. The van der Waals surface area contributed by atoms with E-state index in [1.165, 1.54) is 32.7 Å². The summed E-state index contributed by atoms with van der Waals surface area (Å²) in [5.74, 6) is 0. The van der Waals surface area contributed by atoms with Gasteiger partial charge in [-0.1, -0.05) is 62.7 Å². The Morgan fingerprint density at radius 1 is 0.750 bits per heavy atom. The van der Waals surface area contributed by atoms with Crippen LogP contribution in [-0.2, 0) is 5.41 Å². The van der Waals surface area contributed by atoms with Crippen LogP contribution in [0.25, 0.3) is 21.5 Å². The summed E-state index contributed by atoms with van der Waals surface area (Å²) in [7, 11) is 0. The quantitative estimate of drug-likeness (QED) is 0.498. The Bertz CT molecular complexity index is 778. The van der Waals surface area contributed by atoms with Crippen molar-refractivity contribution in [2.75, 3.05) is 0 Å². The second kappa shape index (κ2) is 4.63. The van der Waals surface area contributed by atoms with Gasteiger partial charge in [0, 0.05) is 0 Å². The number of hydrogen-bond acceptors (Lipinski definition) is 0.